The van der Waals surface area contributed by atoms with Gasteiger partial charge in [-0.2, -0.15) is 5.10 Å². The first-order chi connectivity index (χ1) is 7.02. The van der Waals surface area contributed by atoms with Crippen LogP contribution in [-0.4, -0.2) is 39.2 Å². The number of nitrogens with one attached hydrogen (secondary N) is 2. The molecule has 0 amide bonds. The van der Waals surface area contributed by atoms with E-state index >= 15 is 0 Å². The van der Waals surface area contributed by atoms with Crippen molar-refractivity contribution in [2.45, 2.75) is 12.5 Å². The van der Waals surface area contributed by atoms with Gasteiger partial charge in [0.1, 0.15) is 4.47 Å². The van der Waals surface area contributed by atoms with Gasteiger partial charge in [-0.25, -0.2) is 5.10 Å². The van der Waals surface area contributed by atoms with E-state index in [0.29, 0.717) is 5.69 Å². The van der Waals surface area contributed by atoms with Gasteiger partial charge in [0.2, 0.25) is 0 Å². The molecule has 84 valence electrons. The second-order valence-corrected chi connectivity index (χ2v) is 4.22. The minimum atomic E-state index is -0.891. The first-order valence-corrected chi connectivity index (χ1v) is 5.05. The van der Waals surface area contributed by atoms with Gasteiger partial charge < -0.3 is 15.5 Å². The number of hydrogen-bond acceptors (Lipinski definition) is 5. The molecule has 0 aliphatic heterocycles. The Hall–Kier alpha value is -0.920. The van der Waals surface area contributed by atoms with Crippen molar-refractivity contribution in [2.75, 3.05) is 18.5 Å². The molecule has 1 rings (SSSR count). The number of aliphatic hydroxyl groups excluding tert-OH is 2. The van der Waals surface area contributed by atoms with Crippen molar-refractivity contribution in [2.24, 2.45) is 0 Å². The number of hydrogen-bond donors (Lipinski definition) is 4. The lowest BCUT2D eigenvalue weighted by molar-refractivity contribution is 0.147. The molecule has 0 aliphatic rings. The van der Waals surface area contributed by atoms with E-state index in [0.717, 1.165) is 0 Å². The van der Waals surface area contributed by atoms with Crippen LogP contribution in [0.2, 0.25) is 0 Å². The molecular weight excluding hydrogens is 266 g/mol. The van der Waals surface area contributed by atoms with E-state index in [1.54, 1.807) is 6.92 Å². The number of nitrogens with zero attached hydrogens (tertiary/aromatic N) is 1. The molecule has 0 spiro atoms. The molecule has 0 radical (unpaired) electrons. The Morgan fingerprint density at radius 2 is 2.20 bits per heavy atom. The van der Waals surface area contributed by atoms with Crippen molar-refractivity contribution in [3.63, 3.8) is 0 Å². The molecule has 0 fully saturated rings. The summed E-state index contributed by atoms with van der Waals surface area (Å²) in [5, 5.41) is 26.8. The number of anilines is 1. The zero-order valence-electron chi connectivity index (χ0n) is 8.12. The van der Waals surface area contributed by atoms with Crippen LogP contribution in [0.1, 0.15) is 6.92 Å². The molecule has 0 aromatic carbocycles. The highest BCUT2D eigenvalue weighted by molar-refractivity contribution is 9.10. The molecular formula is C8H12BrN3O3. The zero-order valence-corrected chi connectivity index (χ0v) is 9.71. The number of aliphatic hydroxyl groups is 2. The van der Waals surface area contributed by atoms with Crippen molar-refractivity contribution in [3.05, 3.63) is 21.0 Å². The second kappa shape index (κ2) is 4.73. The highest BCUT2D eigenvalue weighted by Gasteiger charge is 2.23. The fourth-order valence-electron chi connectivity index (χ4n) is 0.925. The minimum Gasteiger partial charge on any atom is -0.394 e. The van der Waals surface area contributed by atoms with E-state index in [9.17, 15) is 4.79 Å². The Morgan fingerprint density at radius 1 is 1.60 bits per heavy atom. The molecule has 0 unspecified atom stereocenters. The SMILES string of the molecule is CC(CO)(CO)Nc1cn[nH]c(=O)c1Br. The average molecular weight is 278 g/mol. The predicted octanol–water partition coefficient (Wildman–Crippen LogP) is -0.312. The van der Waals surface area contributed by atoms with Crippen LogP contribution < -0.4 is 10.9 Å². The molecule has 0 aliphatic carbocycles. The van der Waals surface area contributed by atoms with Crippen molar-refractivity contribution < 1.29 is 10.2 Å². The van der Waals surface area contributed by atoms with Crippen LogP contribution >= 0.6 is 15.9 Å². The quantitative estimate of drug-likeness (QED) is 0.605. The van der Waals surface area contributed by atoms with Gasteiger partial charge in [-0.1, -0.05) is 0 Å². The third-order valence-electron chi connectivity index (χ3n) is 1.93. The molecule has 6 nitrogen and oxygen atoms in total. The van der Waals surface area contributed by atoms with Gasteiger partial charge in [0.05, 0.1) is 30.6 Å². The molecule has 1 aromatic heterocycles. The minimum absolute atomic E-state index is 0.261. The molecule has 1 heterocycles. The summed E-state index contributed by atoms with van der Waals surface area (Å²) in [5.41, 5.74) is -0.847. The third-order valence-corrected chi connectivity index (χ3v) is 2.72. The number of halogens is 1. The molecule has 0 saturated heterocycles. The van der Waals surface area contributed by atoms with E-state index in [-0.39, 0.29) is 23.2 Å². The van der Waals surface area contributed by atoms with Crippen LogP contribution in [0, 0.1) is 0 Å². The summed E-state index contributed by atoms with van der Waals surface area (Å²) in [7, 11) is 0. The van der Waals surface area contributed by atoms with Gasteiger partial charge in [-0.3, -0.25) is 4.79 Å². The monoisotopic (exact) mass is 277 g/mol. The van der Waals surface area contributed by atoms with Crippen LogP contribution in [0.25, 0.3) is 0 Å². The topological polar surface area (TPSA) is 98.2 Å². The Morgan fingerprint density at radius 3 is 2.73 bits per heavy atom. The largest absolute Gasteiger partial charge is 0.394 e. The van der Waals surface area contributed by atoms with Crippen LogP contribution in [0.15, 0.2) is 15.5 Å². The van der Waals surface area contributed by atoms with E-state index in [4.69, 9.17) is 10.2 Å². The van der Waals surface area contributed by atoms with Gasteiger partial charge >= 0.3 is 0 Å². The Bertz CT molecular complexity index is 389. The van der Waals surface area contributed by atoms with Crippen molar-refractivity contribution in [1.29, 1.82) is 0 Å². The summed E-state index contributed by atoms with van der Waals surface area (Å²) in [6.45, 7) is 1.10. The van der Waals surface area contributed by atoms with E-state index < -0.39 is 5.54 Å². The lowest BCUT2D eigenvalue weighted by Crippen LogP contribution is -2.43. The fourth-order valence-corrected chi connectivity index (χ4v) is 1.22. The Kier molecular flexibility index (Phi) is 3.83. The Balaban J connectivity index is 2.99. The number of aromatic nitrogens is 2. The van der Waals surface area contributed by atoms with E-state index in [1.165, 1.54) is 6.20 Å². The van der Waals surface area contributed by atoms with E-state index in [1.807, 2.05) is 0 Å². The van der Waals surface area contributed by atoms with Crippen LogP contribution in [-0.2, 0) is 0 Å². The lowest BCUT2D eigenvalue weighted by atomic mass is 10.1. The van der Waals surface area contributed by atoms with Crippen LogP contribution in [0.3, 0.4) is 0 Å². The van der Waals surface area contributed by atoms with Gasteiger partial charge in [0.15, 0.2) is 0 Å². The number of aromatic amines is 1. The highest BCUT2D eigenvalue weighted by Crippen LogP contribution is 2.19. The zero-order chi connectivity index (χ0) is 11.5. The van der Waals surface area contributed by atoms with Crippen molar-refractivity contribution in [1.82, 2.24) is 10.2 Å². The molecule has 4 N–H and O–H groups in total. The molecule has 0 bridgehead atoms. The first kappa shape index (κ1) is 12.2. The maximum Gasteiger partial charge on any atom is 0.280 e. The summed E-state index contributed by atoms with van der Waals surface area (Å²) in [4.78, 5) is 11.2. The molecule has 15 heavy (non-hydrogen) atoms. The standard InChI is InChI=1S/C8H12BrN3O3/c1-8(3-13,4-14)11-5-2-10-12-7(15)6(5)9/h2,13-14H,3-4H2,1H3,(H2,11,12,15). The number of H-pyrrole nitrogens is 1. The maximum atomic E-state index is 11.2. The summed E-state index contributed by atoms with van der Waals surface area (Å²) in [6, 6.07) is 0. The van der Waals surface area contributed by atoms with Crippen LogP contribution in [0.4, 0.5) is 5.69 Å². The lowest BCUT2D eigenvalue weighted by Gasteiger charge is -2.27. The van der Waals surface area contributed by atoms with Gasteiger partial charge in [0.25, 0.3) is 5.56 Å². The molecule has 7 heteroatoms. The van der Waals surface area contributed by atoms with Crippen LogP contribution in [0.5, 0.6) is 0 Å². The summed E-state index contributed by atoms with van der Waals surface area (Å²) in [5.74, 6) is 0. The summed E-state index contributed by atoms with van der Waals surface area (Å²) < 4.78 is 0.283. The molecule has 1 aromatic rings. The average Bonchev–Trinajstić information content (AvgIpc) is 2.25. The van der Waals surface area contributed by atoms with Crippen molar-refractivity contribution >= 4 is 21.6 Å². The van der Waals surface area contributed by atoms with Gasteiger partial charge in [0, 0.05) is 0 Å². The summed E-state index contributed by atoms with van der Waals surface area (Å²) >= 11 is 3.08. The number of rotatable bonds is 4. The van der Waals surface area contributed by atoms with Gasteiger partial charge in [-0.15, -0.1) is 0 Å². The fraction of sp³-hybridized carbons (Fsp3) is 0.500. The predicted molar refractivity (Wildman–Crippen MR) is 58.8 cm³/mol. The van der Waals surface area contributed by atoms with E-state index in [2.05, 4.69) is 31.4 Å². The second-order valence-electron chi connectivity index (χ2n) is 3.43. The van der Waals surface area contributed by atoms with Gasteiger partial charge in [-0.05, 0) is 22.9 Å². The molecule has 0 saturated carbocycles. The third kappa shape index (κ3) is 2.77. The normalized spacial score (nSPS) is 11.5. The maximum absolute atomic E-state index is 11.2. The first-order valence-electron chi connectivity index (χ1n) is 4.25. The highest BCUT2D eigenvalue weighted by atomic mass is 79.9. The Labute approximate surface area is 94.5 Å². The molecule has 0 atom stereocenters. The summed E-state index contributed by atoms with van der Waals surface area (Å²) in [6.07, 6.45) is 1.40. The smallest absolute Gasteiger partial charge is 0.280 e. The van der Waals surface area contributed by atoms with Crippen molar-refractivity contribution in [3.8, 4) is 0 Å².